The molecule has 1 unspecified atom stereocenters. The summed E-state index contributed by atoms with van der Waals surface area (Å²) in [5, 5.41) is 2.98. The molecule has 0 aromatic carbocycles. The van der Waals surface area contributed by atoms with Crippen LogP contribution >= 0.6 is 0 Å². The number of likely N-dealkylation sites (N-methyl/N-ethyl adjacent to an activating group) is 1. The molecule has 0 amide bonds. The van der Waals surface area contributed by atoms with Gasteiger partial charge in [-0.1, -0.05) is 13.8 Å². The zero-order valence-electron chi connectivity index (χ0n) is 7.27. The molecule has 60 valence electrons. The third-order valence-electron chi connectivity index (χ3n) is 1.55. The van der Waals surface area contributed by atoms with E-state index >= 15 is 0 Å². The first-order valence-corrected chi connectivity index (χ1v) is 3.75. The van der Waals surface area contributed by atoms with Gasteiger partial charge in [0.15, 0.2) is 0 Å². The molecule has 0 spiro atoms. The van der Waals surface area contributed by atoms with Crippen molar-refractivity contribution < 1.29 is 4.79 Å². The van der Waals surface area contributed by atoms with Gasteiger partial charge in [-0.05, 0) is 26.3 Å². The Morgan fingerprint density at radius 3 is 2.10 bits per heavy atom. The Balaban J connectivity index is 3.72. The molecule has 0 bridgehead atoms. The Kier molecular flexibility index (Phi) is 4.28. The molecule has 0 fully saturated rings. The fourth-order valence-corrected chi connectivity index (χ4v) is 0.958. The van der Waals surface area contributed by atoms with E-state index in [1.54, 1.807) is 6.92 Å². The van der Waals surface area contributed by atoms with Gasteiger partial charge in [-0.15, -0.1) is 0 Å². The minimum atomic E-state index is 0.0556. The Morgan fingerprint density at radius 1 is 1.50 bits per heavy atom. The van der Waals surface area contributed by atoms with Gasteiger partial charge in [0.25, 0.3) is 0 Å². The molecule has 0 saturated heterocycles. The first-order valence-electron chi connectivity index (χ1n) is 3.75. The average molecular weight is 143 g/mol. The maximum atomic E-state index is 10.8. The molecule has 0 aliphatic carbocycles. The molecule has 0 aliphatic heterocycles. The normalized spacial score (nSPS) is 13.7. The second-order valence-corrected chi connectivity index (χ2v) is 3.08. The molecular formula is C8H17NO. The summed E-state index contributed by atoms with van der Waals surface area (Å²) < 4.78 is 0. The van der Waals surface area contributed by atoms with Crippen LogP contribution in [0.4, 0.5) is 0 Å². The molecule has 1 N–H and O–H groups in total. The number of ketones is 1. The van der Waals surface area contributed by atoms with E-state index in [0.29, 0.717) is 5.92 Å². The van der Waals surface area contributed by atoms with E-state index in [0.717, 1.165) is 6.42 Å². The maximum absolute atomic E-state index is 10.8. The minimum Gasteiger partial charge on any atom is -0.311 e. The lowest BCUT2D eigenvalue weighted by Gasteiger charge is -2.14. The molecule has 2 heteroatoms. The largest absolute Gasteiger partial charge is 0.311 e. The van der Waals surface area contributed by atoms with Crippen LogP contribution in [0.15, 0.2) is 0 Å². The summed E-state index contributed by atoms with van der Waals surface area (Å²) in [7, 11) is 1.83. The maximum Gasteiger partial charge on any atom is 0.146 e. The average Bonchev–Trinajstić information content (AvgIpc) is 1.81. The van der Waals surface area contributed by atoms with Crippen molar-refractivity contribution in [1.82, 2.24) is 5.32 Å². The van der Waals surface area contributed by atoms with Crippen LogP contribution in [0.5, 0.6) is 0 Å². The lowest BCUT2D eigenvalue weighted by Crippen LogP contribution is -2.33. The van der Waals surface area contributed by atoms with Crippen molar-refractivity contribution in [1.29, 1.82) is 0 Å². The summed E-state index contributed by atoms with van der Waals surface area (Å²) in [6.45, 7) is 5.87. The lowest BCUT2D eigenvalue weighted by atomic mass is 10.0. The molecule has 0 aromatic rings. The molecule has 2 nitrogen and oxygen atoms in total. The monoisotopic (exact) mass is 143 g/mol. The first-order chi connectivity index (χ1) is 4.57. The summed E-state index contributed by atoms with van der Waals surface area (Å²) >= 11 is 0. The van der Waals surface area contributed by atoms with Gasteiger partial charge in [-0.3, -0.25) is 4.79 Å². The number of rotatable bonds is 4. The van der Waals surface area contributed by atoms with Crippen molar-refractivity contribution in [2.45, 2.75) is 33.2 Å². The minimum absolute atomic E-state index is 0.0556. The van der Waals surface area contributed by atoms with Gasteiger partial charge in [0.05, 0.1) is 6.04 Å². The van der Waals surface area contributed by atoms with Crippen LogP contribution in [0.25, 0.3) is 0 Å². The highest BCUT2D eigenvalue weighted by Gasteiger charge is 2.12. The molecule has 0 aliphatic rings. The second kappa shape index (κ2) is 4.45. The van der Waals surface area contributed by atoms with Gasteiger partial charge in [-0.25, -0.2) is 0 Å². The third-order valence-corrected chi connectivity index (χ3v) is 1.55. The van der Waals surface area contributed by atoms with Gasteiger partial charge in [0.1, 0.15) is 5.78 Å². The van der Waals surface area contributed by atoms with E-state index in [-0.39, 0.29) is 11.8 Å². The summed E-state index contributed by atoms with van der Waals surface area (Å²) in [6.07, 6.45) is 0.936. The molecule has 0 aromatic heterocycles. The zero-order chi connectivity index (χ0) is 8.15. The lowest BCUT2D eigenvalue weighted by molar-refractivity contribution is -0.119. The molecule has 0 radical (unpaired) electrons. The van der Waals surface area contributed by atoms with E-state index in [1.807, 2.05) is 7.05 Å². The number of nitrogens with one attached hydrogen (secondary N) is 1. The number of hydrogen-bond acceptors (Lipinski definition) is 2. The Labute approximate surface area is 63.0 Å². The number of carbonyl (C=O) groups is 1. The van der Waals surface area contributed by atoms with Crippen LogP contribution < -0.4 is 5.32 Å². The molecule has 0 rings (SSSR count). The van der Waals surface area contributed by atoms with Crippen molar-refractivity contribution in [3.63, 3.8) is 0 Å². The van der Waals surface area contributed by atoms with Crippen LogP contribution in [-0.2, 0) is 4.79 Å². The predicted molar refractivity (Wildman–Crippen MR) is 43.0 cm³/mol. The van der Waals surface area contributed by atoms with Crippen molar-refractivity contribution >= 4 is 5.78 Å². The van der Waals surface area contributed by atoms with Crippen molar-refractivity contribution in [3.05, 3.63) is 0 Å². The smallest absolute Gasteiger partial charge is 0.146 e. The van der Waals surface area contributed by atoms with Gasteiger partial charge in [-0.2, -0.15) is 0 Å². The van der Waals surface area contributed by atoms with E-state index < -0.39 is 0 Å². The van der Waals surface area contributed by atoms with Gasteiger partial charge in [0.2, 0.25) is 0 Å². The molecule has 1 atom stereocenters. The Bertz CT molecular complexity index is 110. The van der Waals surface area contributed by atoms with Crippen LogP contribution in [-0.4, -0.2) is 18.9 Å². The quantitative estimate of drug-likeness (QED) is 0.641. The molecule has 0 heterocycles. The van der Waals surface area contributed by atoms with Gasteiger partial charge < -0.3 is 5.32 Å². The number of Topliss-reactive ketones (excluding diaryl/α,β-unsaturated/α-hetero) is 1. The van der Waals surface area contributed by atoms with E-state index in [2.05, 4.69) is 19.2 Å². The molecule has 10 heavy (non-hydrogen) atoms. The predicted octanol–water partition coefficient (Wildman–Crippen LogP) is 1.21. The van der Waals surface area contributed by atoms with Crippen LogP contribution in [0.1, 0.15) is 27.2 Å². The van der Waals surface area contributed by atoms with Crippen LogP contribution in [0, 0.1) is 5.92 Å². The van der Waals surface area contributed by atoms with Crippen LogP contribution in [0.3, 0.4) is 0 Å². The second-order valence-electron chi connectivity index (χ2n) is 3.08. The topological polar surface area (TPSA) is 29.1 Å². The summed E-state index contributed by atoms with van der Waals surface area (Å²) in [5.41, 5.74) is 0. The van der Waals surface area contributed by atoms with Crippen molar-refractivity contribution in [2.75, 3.05) is 7.05 Å². The van der Waals surface area contributed by atoms with Crippen molar-refractivity contribution in [3.8, 4) is 0 Å². The van der Waals surface area contributed by atoms with E-state index in [1.165, 1.54) is 0 Å². The third kappa shape index (κ3) is 3.62. The van der Waals surface area contributed by atoms with Gasteiger partial charge in [0, 0.05) is 0 Å². The summed E-state index contributed by atoms with van der Waals surface area (Å²) in [6, 6.07) is 0.0556. The first kappa shape index (κ1) is 9.63. The fourth-order valence-electron chi connectivity index (χ4n) is 0.958. The summed E-state index contributed by atoms with van der Waals surface area (Å²) in [5.74, 6) is 0.817. The SMILES string of the molecule is CNC(CC(C)C)C(C)=O. The molecular weight excluding hydrogens is 126 g/mol. The van der Waals surface area contributed by atoms with E-state index in [9.17, 15) is 4.79 Å². The zero-order valence-corrected chi connectivity index (χ0v) is 7.27. The van der Waals surface area contributed by atoms with Gasteiger partial charge >= 0.3 is 0 Å². The highest BCUT2D eigenvalue weighted by atomic mass is 16.1. The number of carbonyl (C=O) groups excluding carboxylic acids is 1. The Morgan fingerprint density at radius 2 is 2.00 bits per heavy atom. The van der Waals surface area contributed by atoms with E-state index in [4.69, 9.17) is 0 Å². The highest BCUT2D eigenvalue weighted by molar-refractivity contribution is 5.81. The van der Waals surface area contributed by atoms with Crippen molar-refractivity contribution in [2.24, 2.45) is 5.92 Å². The molecule has 0 saturated carbocycles. The Hall–Kier alpha value is -0.370. The standard InChI is InChI=1S/C8H17NO/c1-6(2)5-8(9-4)7(3)10/h6,8-9H,5H2,1-4H3. The number of hydrogen-bond donors (Lipinski definition) is 1. The fraction of sp³-hybridized carbons (Fsp3) is 0.875. The van der Waals surface area contributed by atoms with Crippen LogP contribution in [0.2, 0.25) is 0 Å². The summed E-state index contributed by atoms with van der Waals surface area (Å²) in [4.78, 5) is 10.8. The highest BCUT2D eigenvalue weighted by Crippen LogP contribution is 2.04.